The van der Waals surface area contributed by atoms with Crippen molar-refractivity contribution < 1.29 is 29.3 Å². The molecule has 0 heterocycles. The molecule has 0 saturated carbocycles. The molecule has 0 aromatic carbocycles. The molecule has 0 aliphatic carbocycles. The molecule has 0 radical (unpaired) electrons. The van der Waals surface area contributed by atoms with Gasteiger partial charge < -0.3 is 10.2 Å². The molecular formula is C15H26N2O6. The van der Waals surface area contributed by atoms with Crippen LogP contribution in [0.1, 0.15) is 7.43 Å². The smallest absolute Gasteiger partial charge is 0.153 e. The molecule has 132 valence electrons. The van der Waals surface area contributed by atoms with Crippen molar-refractivity contribution >= 4 is 0 Å². The molecule has 8 heteroatoms. The second-order valence-electron chi connectivity index (χ2n) is 4.26. The molecule has 0 bridgehead atoms. The van der Waals surface area contributed by atoms with E-state index in [0.717, 1.165) is 0 Å². The Morgan fingerprint density at radius 1 is 0.826 bits per heavy atom. The normalized spacial score (nSPS) is 9.13. The summed E-state index contributed by atoms with van der Waals surface area (Å²) >= 11 is 0. The van der Waals surface area contributed by atoms with Crippen LogP contribution >= 0.6 is 0 Å². The third kappa shape index (κ3) is 17.8. The lowest BCUT2D eigenvalue weighted by atomic mass is 10.0. The summed E-state index contributed by atoms with van der Waals surface area (Å²) in [6.45, 7) is -0.0965. The second-order valence-corrected chi connectivity index (χ2v) is 4.26. The SMILES string of the molecule is C.C#COOCC(COOC#C)(COOC#C)NC.CN(C)C. The van der Waals surface area contributed by atoms with Crippen LogP contribution in [0, 0.1) is 37.6 Å². The topological polar surface area (TPSA) is 70.7 Å². The number of hydrogen-bond donors (Lipinski definition) is 1. The standard InChI is InChI=1S/C11H13NO6.C3H9N.CH4/c1-5-13-16-8-11(12-4,9-17-14-6-2)10-18-15-7-3;1-4(2)3;/h1-3,12H,8-10H2,4H3;1-3H3;1H4. The maximum Gasteiger partial charge on any atom is 0.153 e. The predicted octanol–water partition coefficient (Wildman–Crippen LogP) is 0.375. The highest BCUT2D eigenvalue weighted by atomic mass is 17.2. The Hall–Kier alpha value is -2.12. The lowest BCUT2D eigenvalue weighted by molar-refractivity contribution is -0.309. The predicted molar refractivity (Wildman–Crippen MR) is 85.7 cm³/mol. The fourth-order valence-corrected chi connectivity index (χ4v) is 0.870. The van der Waals surface area contributed by atoms with Gasteiger partial charge in [-0.2, -0.15) is 14.7 Å². The van der Waals surface area contributed by atoms with Crippen molar-refractivity contribution in [2.45, 2.75) is 13.0 Å². The Morgan fingerprint density at radius 2 is 1.09 bits per heavy atom. The van der Waals surface area contributed by atoms with Gasteiger partial charge in [-0.25, -0.2) is 0 Å². The minimum absolute atomic E-state index is 0. The van der Waals surface area contributed by atoms with E-state index in [1.807, 2.05) is 44.4 Å². The molecular weight excluding hydrogens is 304 g/mol. The van der Waals surface area contributed by atoms with E-state index >= 15 is 0 Å². The second kappa shape index (κ2) is 17.9. The third-order valence-corrected chi connectivity index (χ3v) is 1.86. The highest BCUT2D eigenvalue weighted by Crippen LogP contribution is 2.08. The van der Waals surface area contributed by atoms with E-state index < -0.39 is 5.54 Å². The van der Waals surface area contributed by atoms with Gasteiger partial charge in [0.1, 0.15) is 25.4 Å². The minimum Gasteiger partial charge on any atom is -0.312 e. The van der Waals surface area contributed by atoms with Gasteiger partial charge in [0.2, 0.25) is 0 Å². The maximum atomic E-state index is 4.86. The first-order valence-corrected chi connectivity index (χ1v) is 6.00. The van der Waals surface area contributed by atoms with E-state index in [9.17, 15) is 0 Å². The summed E-state index contributed by atoms with van der Waals surface area (Å²) in [4.78, 5) is 29.1. The van der Waals surface area contributed by atoms with Gasteiger partial charge in [0, 0.05) is 0 Å². The van der Waals surface area contributed by atoms with E-state index in [1.54, 1.807) is 7.05 Å². The summed E-state index contributed by atoms with van der Waals surface area (Å²) in [5, 5.41) is 2.87. The van der Waals surface area contributed by atoms with E-state index in [2.05, 4.69) is 20.0 Å². The number of likely N-dealkylation sites (N-methyl/N-ethyl adjacent to an activating group) is 1. The zero-order valence-electron chi connectivity index (χ0n) is 13.3. The number of terminal acetylenes is 3. The van der Waals surface area contributed by atoms with Crippen molar-refractivity contribution in [1.29, 1.82) is 0 Å². The number of nitrogens with one attached hydrogen (secondary N) is 1. The van der Waals surface area contributed by atoms with Crippen molar-refractivity contribution in [3.63, 3.8) is 0 Å². The summed E-state index contributed by atoms with van der Waals surface area (Å²) in [5.41, 5.74) is -0.884. The van der Waals surface area contributed by atoms with Crippen LogP contribution in [0.2, 0.25) is 0 Å². The van der Waals surface area contributed by atoms with Gasteiger partial charge in [-0.05, 0) is 28.2 Å². The molecule has 0 aliphatic heterocycles. The Morgan fingerprint density at radius 3 is 1.26 bits per heavy atom. The van der Waals surface area contributed by atoms with Gasteiger partial charge in [-0.1, -0.05) is 26.7 Å². The van der Waals surface area contributed by atoms with Crippen LogP contribution in [0.3, 0.4) is 0 Å². The average Bonchev–Trinajstić information content (AvgIpc) is 2.47. The van der Waals surface area contributed by atoms with Crippen LogP contribution in [0.5, 0.6) is 0 Å². The zero-order chi connectivity index (χ0) is 17.3. The van der Waals surface area contributed by atoms with Gasteiger partial charge in [-0.15, -0.1) is 0 Å². The van der Waals surface area contributed by atoms with Gasteiger partial charge in [-0.3, -0.25) is 14.7 Å². The van der Waals surface area contributed by atoms with Gasteiger partial charge in [0.25, 0.3) is 0 Å². The summed E-state index contributed by atoms with van der Waals surface area (Å²) in [6.07, 6.45) is 20.1. The molecule has 0 saturated heterocycles. The van der Waals surface area contributed by atoms with E-state index in [-0.39, 0.29) is 27.2 Å². The molecule has 0 fully saturated rings. The molecule has 0 unspecified atom stereocenters. The fraction of sp³-hybridized carbons (Fsp3) is 0.600. The van der Waals surface area contributed by atoms with Crippen LogP contribution in [-0.4, -0.2) is 58.5 Å². The van der Waals surface area contributed by atoms with Crippen LogP contribution in [0.15, 0.2) is 0 Å². The first-order chi connectivity index (χ1) is 10.5. The largest absolute Gasteiger partial charge is 0.312 e. The molecule has 0 aromatic rings. The first-order valence-electron chi connectivity index (χ1n) is 6.00. The summed E-state index contributed by atoms with van der Waals surface area (Å²) in [6, 6.07) is 0. The van der Waals surface area contributed by atoms with E-state index in [4.69, 9.17) is 33.9 Å². The Balaban J connectivity index is -0.000000712. The summed E-state index contributed by atoms with van der Waals surface area (Å²) in [5.74, 6) is 0. The monoisotopic (exact) mass is 330 g/mol. The molecule has 8 nitrogen and oxygen atoms in total. The fourth-order valence-electron chi connectivity index (χ4n) is 0.870. The van der Waals surface area contributed by atoms with Crippen LogP contribution < -0.4 is 5.32 Å². The lowest BCUT2D eigenvalue weighted by Crippen LogP contribution is -2.54. The highest BCUT2D eigenvalue weighted by Gasteiger charge is 2.32. The minimum atomic E-state index is -0.884. The van der Waals surface area contributed by atoms with E-state index in [1.165, 1.54) is 0 Å². The van der Waals surface area contributed by atoms with Crippen LogP contribution in [-0.2, 0) is 29.3 Å². The maximum absolute atomic E-state index is 4.86. The molecule has 23 heavy (non-hydrogen) atoms. The molecule has 0 rings (SSSR count). The highest BCUT2D eigenvalue weighted by molar-refractivity contribution is 4.86. The first kappa shape index (κ1) is 25.8. The van der Waals surface area contributed by atoms with Crippen LogP contribution in [0.25, 0.3) is 0 Å². The Kier molecular flexibility index (Phi) is 20.1. The van der Waals surface area contributed by atoms with Crippen LogP contribution in [0.4, 0.5) is 0 Å². The number of hydrogen-bond acceptors (Lipinski definition) is 8. The van der Waals surface area contributed by atoms with Gasteiger partial charge in [0.15, 0.2) is 18.3 Å². The quantitative estimate of drug-likeness (QED) is 0.267. The molecule has 0 amide bonds. The average molecular weight is 330 g/mol. The van der Waals surface area contributed by atoms with Gasteiger partial charge >= 0.3 is 0 Å². The number of rotatable bonds is 10. The zero-order valence-corrected chi connectivity index (χ0v) is 13.3. The van der Waals surface area contributed by atoms with Gasteiger partial charge in [0.05, 0.1) is 0 Å². The van der Waals surface area contributed by atoms with E-state index in [0.29, 0.717) is 0 Å². The Labute approximate surface area is 139 Å². The number of nitrogens with zero attached hydrogens (tertiary/aromatic N) is 1. The lowest BCUT2D eigenvalue weighted by Gasteiger charge is -2.29. The third-order valence-electron chi connectivity index (χ3n) is 1.86. The molecule has 0 aromatic heterocycles. The molecule has 0 aliphatic rings. The molecule has 1 N–H and O–H groups in total. The van der Waals surface area contributed by atoms with Crippen molar-refractivity contribution in [1.82, 2.24) is 10.2 Å². The molecule has 0 spiro atoms. The van der Waals surface area contributed by atoms with Crippen molar-refractivity contribution in [3.05, 3.63) is 0 Å². The summed E-state index contributed by atoms with van der Waals surface area (Å²) in [7, 11) is 7.62. The summed E-state index contributed by atoms with van der Waals surface area (Å²) < 4.78 is 0. The Bertz CT molecular complexity index is 328. The van der Waals surface area contributed by atoms with Crippen molar-refractivity contribution in [2.75, 3.05) is 48.0 Å². The van der Waals surface area contributed by atoms with Crippen molar-refractivity contribution in [3.8, 4) is 37.6 Å². The van der Waals surface area contributed by atoms with Crippen molar-refractivity contribution in [2.24, 2.45) is 0 Å². The molecule has 0 atom stereocenters.